The molecule has 0 aromatic heterocycles. The topological polar surface area (TPSA) is 34.1 Å². The van der Waals surface area contributed by atoms with Crippen molar-refractivity contribution in [3.63, 3.8) is 0 Å². The average Bonchev–Trinajstić information content (AvgIpc) is 2.26. The fraction of sp³-hybridized carbons (Fsp3) is 0.385. The highest BCUT2D eigenvalue weighted by Crippen LogP contribution is 2.15. The second-order valence-electron chi connectivity index (χ2n) is 4.04. The molecule has 0 aliphatic rings. The van der Waals surface area contributed by atoms with Gasteiger partial charge in [0.05, 0.1) is 0 Å². The Hall–Kier alpha value is -1.44. The zero-order chi connectivity index (χ0) is 11.3. The lowest BCUT2D eigenvalue weighted by Crippen LogP contribution is -2.15. The van der Waals surface area contributed by atoms with Crippen LogP contribution < -0.4 is 0 Å². The number of carbonyl (C=O) groups excluding carboxylic acids is 2. The van der Waals surface area contributed by atoms with Gasteiger partial charge in [0.25, 0.3) is 0 Å². The molecule has 0 radical (unpaired) electrons. The number of aldehydes is 1. The van der Waals surface area contributed by atoms with E-state index in [0.29, 0.717) is 12.0 Å². The molecule has 1 aromatic rings. The lowest BCUT2D eigenvalue weighted by molar-refractivity contribution is -0.112. The number of Topliss-reactive ketones (excluding diaryl/α,β-unsaturated/α-hetero) is 1. The van der Waals surface area contributed by atoms with E-state index in [1.807, 2.05) is 32.0 Å². The van der Waals surface area contributed by atoms with Gasteiger partial charge in [-0.1, -0.05) is 44.2 Å². The number of ketones is 1. The van der Waals surface area contributed by atoms with Crippen LogP contribution in [0.3, 0.4) is 0 Å². The summed E-state index contributed by atoms with van der Waals surface area (Å²) in [5.41, 5.74) is 0.685. The molecule has 2 heteroatoms. The molecule has 0 aliphatic heterocycles. The summed E-state index contributed by atoms with van der Waals surface area (Å²) >= 11 is 0. The van der Waals surface area contributed by atoms with E-state index in [2.05, 4.69) is 0 Å². The molecule has 1 aromatic carbocycles. The lowest BCUT2D eigenvalue weighted by atomic mass is 9.90. The van der Waals surface area contributed by atoms with Crippen molar-refractivity contribution in [3.8, 4) is 0 Å². The normalized spacial score (nSPS) is 12.5. The zero-order valence-electron chi connectivity index (χ0n) is 9.14. The summed E-state index contributed by atoms with van der Waals surface area (Å²) < 4.78 is 0. The summed E-state index contributed by atoms with van der Waals surface area (Å²) in [4.78, 5) is 22.5. The van der Waals surface area contributed by atoms with Crippen LogP contribution in [0.2, 0.25) is 0 Å². The first-order chi connectivity index (χ1) is 7.15. The number of hydrogen-bond donors (Lipinski definition) is 0. The molecule has 0 aliphatic carbocycles. The van der Waals surface area contributed by atoms with Gasteiger partial charge in [-0.3, -0.25) is 4.79 Å². The molecule has 1 atom stereocenters. The second kappa shape index (κ2) is 5.44. The molecule has 0 fully saturated rings. The van der Waals surface area contributed by atoms with E-state index in [-0.39, 0.29) is 17.6 Å². The highest BCUT2D eigenvalue weighted by Gasteiger charge is 2.17. The van der Waals surface area contributed by atoms with Gasteiger partial charge in [0.2, 0.25) is 0 Å². The van der Waals surface area contributed by atoms with E-state index in [1.54, 1.807) is 12.1 Å². The first-order valence-corrected chi connectivity index (χ1v) is 5.18. The molecular weight excluding hydrogens is 188 g/mol. The molecule has 1 rings (SSSR count). The Kier molecular flexibility index (Phi) is 4.22. The predicted molar refractivity (Wildman–Crippen MR) is 59.8 cm³/mol. The monoisotopic (exact) mass is 204 g/mol. The van der Waals surface area contributed by atoms with Crippen LogP contribution in [-0.4, -0.2) is 12.1 Å². The molecule has 0 amide bonds. The summed E-state index contributed by atoms with van der Waals surface area (Å²) in [6.07, 6.45) is 1.19. The summed E-state index contributed by atoms with van der Waals surface area (Å²) in [6.45, 7) is 3.91. The van der Waals surface area contributed by atoms with Gasteiger partial charge in [-0.15, -0.1) is 0 Å². The Labute approximate surface area is 90.3 Å². The third-order valence-electron chi connectivity index (χ3n) is 2.55. The fourth-order valence-electron chi connectivity index (χ4n) is 1.40. The summed E-state index contributed by atoms with van der Waals surface area (Å²) in [6, 6.07) is 9.10. The minimum atomic E-state index is -0.169. The van der Waals surface area contributed by atoms with Crippen molar-refractivity contribution in [3.05, 3.63) is 35.9 Å². The lowest BCUT2D eigenvalue weighted by Gasteiger charge is -2.12. The predicted octanol–water partition coefficient (Wildman–Crippen LogP) is 2.73. The molecular formula is C13H16O2. The summed E-state index contributed by atoms with van der Waals surface area (Å²) in [5.74, 6) is 0.0919. The van der Waals surface area contributed by atoms with Gasteiger partial charge >= 0.3 is 0 Å². The Morgan fingerprint density at radius 2 is 1.87 bits per heavy atom. The smallest absolute Gasteiger partial charge is 0.163 e. The minimum Gasteiger partial charge on any atom is -0.303 e. The maximum absolute atomic E-state index is 11.8. The molecule has 15 heavy (non-hydrogen) atoms. The Balaban J connectivity index is 2.67. The van der Waals surface area contributed by atoms with Crippen molar-refractivity contribution in [1.29, 1.82) is 0 Å². The van der Waals surface area contributed by atoms with Crippen molar-refractivity contribution < 1.29 is 9.59 Å². The Bertz CT molecular complexity index is 328. The minimum absolute atomic E-state index is 0.0430. The van der Waals surface area contributed by atoms with Crippen LogP contribution in [0.15, 0.2) is 30.3 Å². The van der Waals surface area contributed by atoms with Gasteiger partial charge in [0, 0.05) is 17.9 Å². The maximum Gasteiger partial charge on any atom is 0.163 e. The first-order valence-electron chi connectivity index (χ1n) is 5.18. The van der Waals surface area contributed by atoms with Crippen LogP contribution in [0.25, 0.3) is 0 Å². The second-order valence-corrected chi connectivity index (χ2v) is 4.04. The van der Waals surface area contributed by atoms with Crippen LogP contribution in [0, 0.1) is 11.8 Å². The third-order valence-corrected chi connectivity index (χ3v) is 2.55. The van der Waals surface area contributed by atoms with Gasteiger partial charge in [0.1, 0.15) is 6.29 Å². The molecule has 80 valence electrons. The molecule has 0 saturated carbocycles. The number of hydrogen-bond acceptors (Lipinski definition) is 2. The summed E-state index contributed by atoms with van der Waals surface area (Å²) in [5, 5.41) is 0. The Morgan fingerprint density at radius 1 is 1.27 bits per heavy atom. The quantitative estimate of drug-likeness (QED) is 0.546. The number of rotatable bonds is 5. The van der Waals surface area contributed by atoms with E-state index >= 15 is 0 Å². The van der Waals surface area contributed by atoms with Gasteiger partial charge in [0.15, 0.2) is 5.78 Å². The largest absolute Gasteiger partial charge is 0.303 e. The van der Waals surface area contributed by atoms with E-state index in [4.69, 9.17) is 0 Å². The fourth-order valence-corrected chi connectivity index (χ4v) is 1.40. The van der Waals surface area contributed by atoms with Crippen molar-refractivity contribution in [2.24, 2.45) is 11.8 Å². The van der Waals surface area contributed by atoms with E-state index < -0.39 is 0 Å². The molecule has 0 saturated heterocycles. The molecule has 0 N–H and O–H groups in total. The van der Waals surface area contributed by atoms with Crippen molar-refractivity contribution in [1.82, 2.24) is 0 Å². The van der Waals surface area contributed by atoms with E-state index in [0.717, 1.165) is 6.29 Å². The van der Waals surface area contributed by atoms with Crippen molar-refractivity contribution in [2.75, 3.05) is 0 Å². The van der Waals surface area contributed by atoms with Crippen LogP contribution >= 0.6 is 0 Å². The zero-order valence-corrected chi connectivity index (χ0v) is 9.14. The number of benzene rings is 1. The van der Waals surface area contributed by atoms with Crippen molar-refractivity contribution >= 4 is 12.1 Å². The average molecular weight is 204 g/mol. The van der Waals surface area contributed by atoms with Gasteiger partial charge in [-0.2, -0.15) is 0 Å². The Morgan fingerprint density at radius 3 is 2.33 bits per heavy atom. The highest BCUT2D eigenvalue weighted by atomic mass is 16.1. The van der Waals surface area contributed by atoms with E-state index in [9.17, 15) is 9.59 Å². The number of carbonyl (C=O) groups is 2. The van der Waals surface area contributed by atoms with Crippen LogP contribution in [0.1, 0.15) is 30.6 Å². The molecule has 0 bridgehead atoms. The van der Waals surface area contributed by atoms with Crippen LogP contribution in [-0.2, 0) is 4.79 Å². The molecule has 1 unspecified atom stereocenters. The molecule has 0 spiro atoms. The summed E-state index contributed by atoms with van der Waals surface area (Å²) in [7, 11) is 0. The standard InChI is InChI=1S/C13H16O2/c1-10(2)12(9-14)8-13(15)11-6-4-3-5-7-11/h3-7,9-10,12H,8H2,1-2H3. The first kappa shape index (κ1) is 11.6. The molecule has 0 heterocycles. The maximum atomic E-state index is 11.8. The third kappa shape index (κ3) is 3.31. The van der Waals surface area contributed by atoms with Crippen LogP contribution in [0.5, 0.6) is 0 Å². The van der Waals surface area contributed by atoms with Gasteiger partial charge in [-0.25, -0.2) is 0 Å². The van der Waals surface area contributed by atoms with Crippen LogP contribution in [0.4, 0.5) is 0 Å². The van der Waals surface area contributed by atoms with Gasteiger partial charge in [-0.05, 0) is 5.92 Å². The van der Waals surface area contributed by atoms with Gasteiger partial charge < -0.3 is 4.79 Å². The molecule has 2 nitrogen and oxygen atoms in total. The highest BCUT2D eigenvalue weighted by molar-refractivity contribution is 5.97. The van der Waals surface area contributed by atoms with Crippen molar-refractivity contribution in [2.45, 2.75) is 20.3 Å². The SMILES string of the molecule is CC(C)C(C=O)CC(=O)c1ccccc1. The van der Waals surface area contributed by atoms with E-state index in [1.165, 1.54) is 0 Å².